The predicted molar refractivity (Wildman–Crippen MR) is 100 cm³/mol. The van der Waals surface area contributed by atoms with Crippen LogP contribution in [0.15, 0.2) is 35.6 Å². The third-order valence-corrected chi connectivity index (χ3v) is 4.20. The Labute approximate surface area is 139 Å². The van der Waals surface area contributed by atoms with Gasteiger partial charge in [-0.05, 0) is 67.1 Å². The summed E-state index contributed by atoms with van der Waals surface area (Å²) in [5, 5.41) is 1.08. The zero-order valence-corrected chi connectivity index (χ0v) is 14.6. The highest BCUT2D eigenvalue weighted by Crippen LogP contribution is 2.20. The topological polar surface area (TPSA) is 36.1 Å². The number of aryl methyl sites for hydroxylation is 1. The molecule has 2 aromatic rings. The Morgan fingerprint density at radius 2 is 1.83 bits per heavy atom. The number of hydrogen-bond acceptors (Lipinski definition) is 2. The number of hydrogen-bond donors (Lipinski definition) is 1. The molecule has 0 aliphatic carbocycles. The van der Waals surface area contributed by atoms with Gasteiger partial charge in [-0.3, -0.25) is 9.69 Å². The number of benzene rings is 1. The molecule has 1 heterocycles. The summed E-state index contributed by atoms with van der Waals surface area (Å²) in [5.41, 5.74) is 4.03. The van der Waals surface area contributed by atoms with Crippen LogP contribution in [0.5, 0.6) is 0 Å². The van der Waals surface area contributed by atoms with E-state index in [0.717, 1.165) is 66.5 Å². The molecule has 0 unspecified atom stereocenters. The van der Waals surface area contributed by atoms with Gasteiger partial charge in [0.2, 0.25) is 0 Å². The maximum atomic E-state index is 11.9. The van der Waals surface area contributed by atoms with Gasteiger partial charge in [0.25, 0.3) is 5.56 Å². The summed E-state index contributed by atoms with van der Waals surface area (Å²) in [6.07, 6.45) is 3.06. The summed E-state index contributed by atoms with van der Waals surface area (Å²) in [7, 11) is 0. The molecule has 0 saturated heterocycles. The van der Waals surface area contributed by atoms with Crippen LogP contribution in [-0.2, 0) is 6.42 Å². The molecule has 3 nitrogen and oxygen atoms in total. The molecular weight excluding hydrogens is 284 g/mol. The van der Waals surface area contributed by atoms with E-state index in [1.807, 2.05) is 19.1 Å². The monoisotopic (exact) mass is 312 g/mol. The van der Waals surface area contributed by atoms with E-state index in [2.05, 4.69) is 42.4 Å². The third kappa shape index (κ3) is 4.32. The number of aromatic nitrogens is 1. The van der Waals surface area contributed by atoms with E-state index in [4.69, 9.17) is 0 Å². The zero-order valence-electron chi connectivity index (χ0n) is 14.6. The Balaban J connectivity index is 2.26. The van der Waals surface area contributed by atoms with Crippen molar-refractivity contribution in [3.05, 3.63) is 52.3 Å². The van der Waals surface area contributed by atoms with Crippen molar-refractivity contribution in [3.8, 4) is 0 Å². The van der Waals surface area contributed by atoms with Crippen LogP contribution < -0.4 is 5.56 Å². The highest BCUT2D eigenvalue weighted by molar-refractivity contribution is 5.83. The van der Waals surface area contributed by atoms with Crippen molar-refractivity contribution in [1.29, 1.82) is 0 Å². The molecule has 23 heavy (non-hydrogen) atoms. The number of H-pyrrole nitrogens is 1. The average molecular weight is 312 g/mol. The van der Waals surface area contributed by atoms with Crippen LogP contribution in [-0.4, -0.2) is 29.5 Å². The van der Waals surface area contributed by atoms with Crippen molar-refractivity contribution in [2.45, 2.75) is 40.0 Å². The molecule has 0 saturated carbocycles. The Morgan fingerprint density at radius 3 is 2.43 bits per heavy atom. The highest BCUT2D eigenvalue weighted by atomic mass is 16.1. The normalized spacial score (nSPS) is 11.3. The number of fused-ring (bicyclic) bond motifs is 1. The smallest absolute Gasteiger partial charge is 0.251 e. The molecule has 124 valence electrons. The highest BCUT2D eigenvalue weighted by Gasteiger charge is 2.08. The van der Waals surface area contributed by atoms with Crippen LogP contribution in [0.25, 0.3) is 16.5 Å². The van der Waals surface area contributed by atoms with Crippen LogP contribution >= 0.6 is 0 Å². The average Bonchev–Trinajstić information content (AvgIpc) is 2.54. The maximum absolute atomic E-state index is 11.9. The van der Waals surface area contributed by atoms with Crippen LogP contribution in [0, 0.1) is 0 Å². The first-order valence-corrected chi connectivity index (χ1v) is 8.65. The Hall–Kier alpha value is -1.87. The lowest BCUT2D eigenvalue weighted by Gasteiger charge is -2.22. The van der Waals surface area contributed by atoms with E-state index < -0.39 is 0 Å². The van der Waals surface area contributed by atoms with Gasteiger partial charge in [0.15, 0.2) is 0 Å². The van der Waals surface area contributed by atoms with E-state index in [1.165, 1.54) is 0 Å². The fourth-order valence-corrected chi connectivity index (χ4v) is 3.00. The minimum atomic E-state index is 0.0173. The fraction of sp³-hybridized carbons (Fsp3) is 0.450. The molecule has 0 fully saturated rings. The van der Waals surface area contributed by atoms with Crippen LogP contribution in [0.3, 0.4) is 0 Å². The summed E-state index contributed by atoms with van der Waals surface area (Å²) in [4.78, 5) is 17.3. The summed E-state index contributed by atoms with van der Waals surface area (Å²) in [6.45, 7) is 13.8. The number of rotatable bonds is 8. The quantitative estimate of drug-likeness (QED) is 0.792. The van der Waals surface area contributed by atoms with E-state index >= 15 is 0 Å². The van der Waals surface area contributed by atoms with Gasteiger partial charge in [-0.25, -0.2) is 0 Å². The van der Waals surface area contributed by atoms with Crippen molar-refractivity contribution >= 4 is 16.5 Å². The van der Waals surface area contributed by atoms with Gasteiger partial charge in [0.05, 0.1) is 0 Å². The molecule has 1 aromatic heterocycles. The molecule has 0 amide bonds. The maximum Gasteiger partial charge on any atom is 0.251 e. The Morgan fingerprint density at radius 1 is 1.13 bits per heavy atom. The predicted octanol–water partition coefficient (Wildman–Crippen LogP) is 4.23. The van der Waals surface area contributed by atoms with Gasteiger partial charge in [0, 0.05) is 17.6 Å². The third-order valence-electron chi connectivity index (χ3n) is 4.20. The van der Waals surface area contributed by atoms with Gasteiger partial charge in [0.1, 0.15) is 0 Å². The number of pyridine rings is 1. The lowest BCUT2D eigenvalue weighted by atomic mass is 10.0. The van der Waals surface area contributed by atoms with E-state index in [0.29, 0.717) is 0 Å². The van der Waals surface area contributed by atoms with Gasteiger partial charge < -0.3 is 4.98 Å². The summed E-state index contributed by atoms with van der Waals surface area (Å²) in [5.74, 6) is 0. The fourth-order valence-electron chi connectivity index (χ4n) is 3.00. The summed E-state index contributed by atoms with van der Waals surface area (Å²) < 4.78 is 0. The van der Waals surface area contributed by atoms with Crippen molar-refractivity contribution in [3.63, 3.8) is 0 Å². The second-order valence-corrected chi connectivity index (χ2v) is 6.16. The van der Waals surface area contributed by atoms with Crippen LogP contribution in [0.1, 0.15) is 44.7 Å². The Kier molecular flexibility index (Phi) is 6.17. The van der Waals surface area contributed by atoms with Crippen LogP contribution in [0.4, 0.5) is 0 Å². The van der Waals surface area contributed by atoms with Gasteiger partial charge in [-0.2, -0.15) is 0 Å². The van der Waals surface area contributed by atoms with E-state index in [9.17, 15) is 4.79 Å². The SMILES string of the molecule is C=C(CN(CCC)CCC)c1ccc2[nH]c(=O)c(CC)cc2c1. The largest absolute Gasteiger partial charge is 0.322 e. The molecule has 2 rings (SSSR count). The van der Waals surface area contributed by atoms with E-state index in [-0.39, 0.29) is 5.56 Å². The number of aromatic amines is 1. The van der Waals surface area contributed by atoms with Gasteiger partial charge in [-0.15, -0.1) is 0 Å². The molecule has 1 N–H and O–H groups in total. The van der Waals surface area contributed by atoms with Crippen molar-refractivity contribution in [2.75, 3.05) is 19.6 Å². The minimum Gasteiger partial charge on any atom is -0.322 e. The van der Waals surface area contributed by atoms with Crippen molar-refractivity contribution < 1.29 is 0 Å². The lowest BCUT2D eigenvalue weighted by molar-refractivity contribution is 0.308. The molecule has 0 spiro atoms. The van der Waals surface area contributed by atoms with Crippen molar-refractivity contribution in [2.24, 2.45) is 0 Å². The second kappa shape index (κ2) is 8.11. The lowest BCUT2D eigenvalue weighted by Crippen LogP contribution is -2.27. The first-order valence-electron chi connectivity index (χ1n) is 8.65. The molecule has 0 radical (unpaired) electrons. The van der Waals surface area contributed by atoms with Crippen molar-refractivity contribution in [1.82, 2.24) is 9.88 Å². The molecule has 0 atom stereocenters. The summed E-state index contributed by atoms with van der Waals surface area (Å²) >= 11 is 0. The molecule has 1 aromatic carbocycles. The second-order valence-electron chi connectivity index (χ2n) is 6.16. The molecule has 0 bridgehead atoms. The zero-order chi connectivity index (χ0) is 16.8. The van der Waals surface area contributed by atoms with Gasteiger partial charge in [-0.1, -0.05) is 33.4 Å². The first-order chi connectivity index (χ1) is 11.1. The van der Waals surface area contributed by atoms with Gasteiger partial charge >= 0.3 is 0 Å². The number of nitrogens with one attached hydrogen (secondary N) is 1. The summed E-state index contributed by atoms with van der Waals surface area (Å²) in [6, 6.07) is 8.19. The van der Waals surface area contributed by atoms with E-state index in [1.54, 1.807) is 0 Å². The molecule has 0 aliphatic rings. The molecular formula is C20H28N2O. The molecule has 3 heteroatoms. The standard InChI is InChI=1S/C20H28N2O/c1-5-10-22(11-6-2)14-15(4)17-8-9-19-18(13-17)12-16(7-3)20(23)21-19/h8-9,12-13H,4-7,10-11,14H2,1-3H3,(H,21,23). The number of nitrogens with zero attached hydrogens (tertiary/aromatic N) is 1. The first kappa shape index (κ1) is 17.5. The van der Waals surface area contributed by atoms with Crippen LogP contribution in [0.2, 0.25) is 0 Å². The molecule has 0 aliphatic heterocycles. The minimum absolute atomic E-state index is 0.0173. The Bertz CT molecular complexity index is 724.